The number of aliphatic hydroxyl groups excluding tert-OH is 1. The molecule has 0 aromatic heterocycles. The summed E-state index contributed by atoms with van der Waals surface area (Å²) in [5.74, 6) is 0.423. The molecule has 0 radical (unpaired) electrons. The lowest BCUT2D eigenvalue weighted by atomic mass is 9.98. The predicted octanol–water partition coefficient (Wildman–Crippen LogP) is 2.70. The SMILES string of the molecule is Cc1ccc(C(=O)NCCC(=O)N2CC[C@@H](Cc3ccc(CO)cc3)C2)cc1. The topological polar surface area (TPSA) is 69.6 Å². The van der Waals surface area contributed by atoms with Gasteiger partial charge in [0.1, 0.15) is 0 Å². The number of carbonyl (C=O) groups excluding carboxylic acids is 2. The first-order valence-electron chi connectivity index (χ1n) is 9.86. The lowest BCUT2D eigenvalue weighted by molar-refractivity contribution is -0.130. The Balaban J connectivity index is 1.40. The van der Waals surface area contributed by atoms with Crippen LogP contribution in [0.15, 0.2) is 48.5 Å². The van der Waals surface area contributed by atoms with Gasteiger partial charge in [-0.25, -0.2) is 0 Å². The van der Waals surface area contributed by atoms with Crippen LogP contribution in [0.1, 0.15) is 39.9 Å². The number of nitrogens with zero attached hydrogens (tertiary/aromatic N) is 1. The quantitative estimate of drug-likeness (QED) is 0.776. The largest absolute Gasteiger partial charge is 0.392 e. The Bertz CT molecular complexity index is 800. The zero-order valence-corrected chi connectivity index (χ0v) is 16.4. The number of hydrogen-bond donors (Lipinski definition) is 2. The van der Waals surface area contributed by atoms with E-state index in [1.54, 1.807) is 12.1 Å². The first-order chi connectivity index (χ1) is 13.5. The number of aryl methyl sites for hydroxylation is 1. The van der Waals surface area contributed by atoms with Gasteiger partial charge in [0.2, 0.25) is 5.91 Å². The molecule has 5 nitrogen and oxygen atoms in total. The molecular formula is C23H28N2O3. The molecule has 1 aliphatic rings. The van der Waals surface area contributed by atoms with Crippen molar-refractivity contribution in [1.29, 1.82) is 0 Å². The maximum absolute atomic E-state index is 12.4. The normalized spacial score (nSPS) is 16.2. The number of amides is 2. The molecule has 1 atom stereocenters. The van der Waals surface area contributed by atoms with Gasteiger partial charge in [0.15, 0.2) is 0 Å². The maximum Gasteiger partial charge on any atom is 0.251 e. The number of rotatable bonds is 7. The minimum Gasteiger partial charge on any atom is -0.392 e. The van der Waals surface area contributed by atoms with E-state index in [2.05, 4.69) is 17.4 Å². The van der Waals surface area contributed by atoms with Gasteiger partial charge < -0.3 is 15.3 Å². The van der Waals surface area contributed by atoms with Crippen LogP contribution in [0.3, 0.4) is 0 Å². The molecule has 0 saturated carbocycles. The van der Waals surface area contributed by atoms with Crippen molar-refractivity contribution in [3.63, 3.8) is 0 Å². The third kappa shape index (κ3) is 5.42. The van der Waals surface area contributed by atoms with E-state index in [0.29, 0.717) is 24.4 Å². The summed E-state index contributed by atoms with van der Waals surface area (Å²) in [7, 11) is 0. The average Bonchev–Trinajstić information content (AvgIpc) is 3.17. The van der Waals surface area contributed by atoms with Crippen LogP contribution in [0.2, 0.25) is 0 Å². The third-order valence-corrected chi connectivity index (χ3v) is 5.31. The molecule has 0 spiro atoms. The molecule has 0 unspecified atom stereocenters. The van der Waals surface area contributed by atoms with Crippen molar-refractivity contribution in [2.24, 2.45) is 5.92 Å². The Hall–Kier alpha value is -2.66. The van der Waals surface area contributed by atoms with E-state index < -0.39 is 0 Å². The number of hydrogen-bond acceptors (Lipinski definition) is 3. The van der Waals surface area contributed by atoms with Crippen LogP contribution < -0.4 is 5.32 Å². The first-order valence-corrected chi connectivity index (χ1v) is 9.86. The summed E-state index contributed by atoms with van der Waals surface area (Å²) in [6, 6.07) is 15.4. The molecule has 2 N–H and O–H groups in total. The van der Waals surface area contributed by atoms with Crippen LogP contribution in [0.5, 0.6) is 0 Å². The van der Waals surface area contributed by atoms with Crippen LogP contribution in [-0.2, 0) is 17.8 Å². The van der Waals surface area contributed by atoms with Gasteiger partial charge in [0, 0.05) is 31.6 Å². The monoisotopic (exact) mass is 380 g/mol. The van der Waals surface area contributed by atoms with Crippen molar-refractivity contribution in [2.75, 3.05) is 19.6 Å². The number of nitrogens with one attached hydrogen (secondary N) is 1. The van der Waals surface area contributed by atoms with Gasteiger partial charge in [-0.2, -0.15) is 0 Å². The Kier molecular flexibility index (Phi) is 6.82. The van der Waals surface area contributed by atoms with E-state index in [1.807, 2.05) is 36.1 Å². The fraction of sp³-hybridized carbons (Fsp3) is 0.391. The van der Waals surface area contributed by atoms with Gasteiger partial charge in [0.25, 0.3) is 5.91 Å². The smallest absolute Gasteiger partial charge is 0.251 e. The summed E-state index contributed by atoms with van der Waals surface area (Å²) >= 11 is 0. The fourth-order valence-corrected chi connectivity index (χ4v) is 3.59. The summed E-state index contributed by atoms with van der Waals surface area (Å²) in [6.07, 6.45) is 2.28. The van der Waals surface area contributed by atoms with Gasteiger partial charge in [-0.1, -0.05) is 42.0 Å². The minimum atomic E-state index is -0.140. The standard InChI is InChI=1S/C23H28N2O3/c1-17-2-8-21(9-3-17)23(28)24-12-10-22(27)25-13-11-20(15-25)14-18-4-6-19(16-26)7-5-18/h2-9,20,26H,10-16H2,1H3,(H,24,28)/t20-/m0/s1. The second kappa shape index (κ2) is 9.51. The molecular weight excluding hydrogens is 352 g/mol. The van der Waals surface area contributed by atoms with E-state index >= 15 is 0 Å². The Morgan fingerprint density at radius 2 is 1.75 bits per heavy atom. The molecule has 2 amide bonds. The van der Waals surface area contributed by atoms with E-state index in [1.165, 1.54) is 5.56 Å². The first kappa shape index (κ1) is 20.1. The highest BCUT2D eigenvalue weighted by Gasteiger charge is 2.26. The van der Waals surface area contributed by atoms with Crippen LogP contribution in [-0.4, -0.2) is 41.5 Å². The second-order valence-corrected chi connectivity index (χ2v) is 7.55. The molecule has 1 fully saturated rings. The molecule has 148 valence electrons. The van der Waals surface area contributed by atoms with E-state index in [9.17, 15) is 9.59 Å². The number of likely N-dealkylation sites (tertiary alicyclic amines) is 1. The van der Waals surface area contributed by atoms with Gasteiger partial charge in [-0.05, 0) is 48.9 Å². The van der Waals surface area contributed by atoms with E-state index in [0.717, 1.165) is 37.1 Å². The fourth-order valence-electron chi connectivity index (χ4n) is 3.59. The summed E-state index contributed by atoms with van der Waals surface area (Å²) in [5, 5.41) is 11.9. The van der Waals surface area contributed by atoms with Crippen molar-refractivity contribution in [3.05, 3.63) is 70.8 Å². The number of aliphatic hydroxyl groups is 1. The van der Waals surface area contributed by atoms with Crippen LogP contribution in [0.4, 0.5) is 0 Å². The molecule has 0 bridgehead atoms. The van der Waals surface area contributed by atoms with Gasteiger partial charge >= 0.3 is 0 Å². The minimum absolute atomic E-state index is 0.0619. The van der Waals surface area contributed by atoms with Crippen molar-refractivity contribution in [1.82, 2.24) is 10.2 Å². The zero-order chi connectivity index (χ0) is 19.9. The van der Waals surface area contributed by atoms with Crippen LogP contribution >= 0.6 is 0 Å². The summed E-state index contributed by atoms with van der Waals surface area (Å²) < 4.78 is 0. The summed E-state index contributed by atoms with van der Waals surface area (Å²) in [4.78, 5) is 26.5. The molecule has 0 aliphatic carbocycles. The molecule has 2 aromatic carbocycles. The molecule has 1 heterocycles. The van der Waals surface area contributed by atoms with Crippen molar-refractivity contribution >= 4 is 11.8 Å². The van der Waals surface area contributed by atoms with E-state index in [4.69, 9.17) is 5.11 Å². The van der Waals surface area contributed by atoms with Crippen molar-refractivity contribution in [2.45, 2.75) is 32.8 Å². The lowest BCUT2D eigenvalue weighted by Gasteiger charge is -2.17. The molecule has 28 heavy (non-hydrogen) atoms. The lowest BCUT2D eigenvalue weighted by Crippen LogP contribution is -2.33. The molecule has 3 rings (SSSR count). The van der Waals surface area contributed by atoms with Gasteiger partial charge in [0.05, 0.1) is 6.61 Å². The van der Waals surface area contributed by atoms with Crippen molar-refractivity contribution in [3.8, 4) is 0 Å². The molecule has 1 saturated heterocycles. The van der Waals surface area contributed by atoms with Crippen LogP contribution in [0, 0.1) is 12.8 Å². The average molecular weight is 380 g/mol. The highest BCUT2D eigenvalue weighted by Crippen LogP contribution is 2.21. The van der Waals surface area contributed by atoms with E-state index in [-0.39, 0.29) is 18.4 Å². The number of benzene rings is 2. The Morgan fingerprint density at radius 1 is 1.07 bits per heavy atom. The third-order valence-electron chi connectivity index (χ3n) is 5.31. The zero-order valence-electron chi connectivity index (χ0n) is 16.4. The second-order valence-electron chi connectivity index (χ2n) is 7.55. The Labute approximate surface area is 166 Å². The maximum atomic E-state index is 12.4. The van der Waals surface area contributed by atoms with Gasteiger partial charge in [-0.15, -0.1) is 0 Å². The highest BCUT2D eigenvalue weighted by molar-refractivity contribution is 5.94. The summed E-state index contributed by atoms with van der Waals surface area (Å²) in [5.41, 5.74) is 3.88. The summed E-state index contributed by atoms with van der Waals surface area (Å²) in [6.45, 7) is 3.95. The molecule has 1 aliphatic heterocycles. The van der Waals surface area contributed by atoms with Crippen molar-refractivity contribution < 1.29 is 14.7 Å². The molecule has 2 aromatic rings. The Morgan fingerprint density at radius 3 is 2.43 bits per heavy atom. The van der Waals surface area contributed by atoms with Crippen LogP contribution in [0.25, 0.3) is 0 Å². The highest BCUT2D eigenvalue weighted by atomic mass is 16.3. The molecule has 5 heteroatoms. The predicted molar refractivity (Wildman–Crippen MR) is 109 cm³/mol. The van der Waals surface area contributed by atoms with Gasteiger partial charge in [-0.3, -0.25) is 9.59 Å². The number of carbonyl (C=O) groups is 2.